The minimum Gasteiger partial charge on any atom is -0.481 e. The average Bonchev–Trinajstić information content (AvgIpc) is 2.52. The Hall–Kier alpha value is -2.70. The molecule has 0 radical (unpaired) electrons. The number of hydrogen-bond donors (Lipinski definition) is 1. The van der Waals surface area contributed by atoms with Gasteiger partial charge in [0.05, 0.1) is 5.69 Å². The van der Waals surface area contributed by atoms with Crippen LogP contribution in [-0.4, -0.2) is 22.8 Å². The number of H-pyrrole nitrogens is 1. The van der Waals surface area contributed by atoms with Crippen molar-refractivity contribution in [3.8, 4) is 35.4 Å². The Kier molecular flexibility index (Phi) is 4.65. The molecule has 0 bridgehead atoms. The number of nitriles is 1. The topological polar surface area (TPSA) is 78.8 Å². The van der Waals surface area contributed by atoms with Crippen LogP contribution in [0.2, 0.25) is 0 Å². The van der Waals surface area contributed by atoms with Gasteiger partial charge in [0, 0.05) is 5.56 Å². The monoisotopic (exact) mass is 297 g/mol. The van der Waals surface area contributed by atoms with E-state index in [9.17, 15) is 4.79 Å². The molecule has 0 aliphatic carbocycles. The molecule has 2 aromatic rings. The van der Waals surface area contributed by atoms with Crippen molar-refractivity contribution in [3.05, 3.63) is 40.2 Å². The number of benzene rings is 1. The number of hydrogen-bond acceptors (Lipinski definition) is 5. The van der Waals surface area contributed by atoms with Gasteiger partial charge in [-0.05, 0) is 18.4 Å². The molecular formula is C15H11N3O2S. The van der Waals surface area contributed by atoms with E-state index in [4.69, 9.17) is 16.4 Å². The van der Waals surface area contributed by atoms with E-state index in [-0.39, 0.29) is 12.2 Å². The van der Waals surface area contributed by atoms with Crippen molar-refractivity contribution in [2.24, 2.45) is 0 Å². The van der Waals surface area contributed by atoms with E-state index < -0.39 is 5.56 Å². The van der Waals surface area contributed by atoms with Crippen molar-refractivity contribution in [1.29, 1.82) is 5.26 Å². The van der Waals surface area contributed by atoms with Gasteiger partial charge in [0.25, 0.3) is 5.56 Å². The van der Waals surface area contributed by atoms with E-state index in [0.717, 1.165) is 0 Å². The number of nitrogens with one attached hydrogen (secondary N) is 1. The van der Waals surface area contributed by atoms with Gasteiger partial charge >= 0.3 is 0 Å². The smallest absolute Gasteiger partial charge is 0.270 e. The third kappa shape index (κ3) is 3.25. The molecule has 1 N–H and O–H groups in total. The highest BCUT2D eigenvalue weighted by Gasteiger charge is 2.13. The average molecular weight is 297 g/mol. The molecule has 0 amide bonds. The molecule has 0 spiro atoms. The van der Waals surface area contributed by atoms with Crippen LogP contribution in [0.4, 0.5) is 0 Å². The number of terminal acetylenes is 1. The van der Waals surface area contributed by atoms with Crippen LogP contribution in [-0.2, 0) is 0 Å². The molecule has 1 aromatic heterocycles. The molecule has 0 saturated carbocycles. The summed E-state index contributed by atoms with van der Waals surface area (Å²) in [4.78, 5) is 18.7. The van der Waals surface area contributed by atoms with Gasteiger partial charge in [0.1, 0.15) is 24.0 Å². The molecule has 0 unspecified atom stereocenters. The number of aromatic amines is 1. The number of nitrogens with zero attached hydrogens (tertiary/aromatic N) is 2. The maximum atomic E-state index is 11.9. The molecule has 104 valence electrons. The normalized spacial score (nSPS) is 9.67. The lowest BCUT2D eigenvalue weighted by Crippen LogP contribution is -2.14. The third-order valence-electron chi connectivity index (χ3n) is 2.63. The second-order valence-corrected chi connectivity index (χ2v) is 4.73. The SMILES string of the molecule is C#CCOc1cccc(-c2nc(SC)[nH]c(=O)c2C#N)c1. The molecule has 6 heteroatoms. The van der Waals surface area contributed by atoms with Gasteiger partial charge in [-0.2, -0.15) is 5.26 Å². The molecule has 1 heterocycles. The van der Waals surface area contributed by atoms with Crippen LogP contribution < -0.4 is 10.3 Å². The molecule has 0 aliphatic heterocycles. The maximum Gasteiger partial charge on any atom is 0.270 e. The van der Waals surface area contributed by atoms with Crippen LogP contribution in [0.25, 0.3) is 11.3 Å². The van der Waals surface area contributed by atoms with Crippen LogP contribution in [0.3, 0.4) is 0 Å². The van der Waals surface area contributed by atoms with Crippen LogP contribution in [0, 0.1) is 23.7 Å². The standard InChI is InChI=1S/C15H11N3O2S/c1-3-7-20-11-6-4-5-10(8-11)13-12(9-16)14(19)18-15(17-13)21-2/h1,4-6,8H,7H2,2H3,(H,17,18,19). The van der Waals surface area contributed by atoms with E-state index in [1.54, 1.807) is 30.5 Å². The second-order valence-electron chi connectivity index (χ2n) is 3.93. The molecule has 2 rings (SSSR count). The van der Waals surface area contributed by atoms with Crippen LogP contribution >= 0.6 is 11.8 Å². The highest BCUT2D eigenvalue weighted by atomic mass is 32.2. The summed E-state index contributed by atoms with van der Waals surface area (Å²) in [6.45, 7) is 0.146. The lowest BCUT2D eigenvalue weighted by Gasteiger charge is -2.07. The first-order valence-corrected chi connectivity index (χ1v) is 7.17. The molecule has 0 saturated heterocycles. The van der Waals surface area contributed by atoms with Gasteiger partial charge in [-0.3, -0.25) is 4.79 Å². The van der Waals surface area contributed by atoms with Crippen LogP contribution in [0.5, 0.6) is 5.75 Å². The zero-order chi connectivity index (χ0) is 15.2. The minimum absolute atomic E-state index is 0.0260. The molecule has 0 aliphatic rings. The summed E-state index contributed by atoms with van der Waals surface area (Å²) >= 11 is 1.30. The van der Waals surface area contributed by atoms with Crippen LogP contribution in [0.1, 0.15) is 5.56 Å². The predicted molar refractivity (Wildman–Crippen MR) is 81.1 cm³/mol. The molecule has 0 atom stereocenters. The minimum atomic E-state index is -0.457. The van der Waals surface area contributed by atoms with Crippen molar-refractivity contribution < 1.29 is 4.74 Å². The van der Waals surface area contributed by atoms with Gasteiger partial charge in [0.15, 0.2) is 5.16 Å². The Labute approximate surface area is 126 Å². The maximum absolute atomic E-state index is 11.9. The lowest BCUT2D eigenvalue weighted by molar-refractivity contribution is 0.370. The lowest BCUT2D eigenvalue weighted by atomic mass is 10.1. The van der Waals surface area contributed by atoms with Gasteiger partial charge in [-0.25, -0.2) is 4.98 Å². The molecule has 0 fully saturated rings. The predicted octanol–water partition coefficient (Wildman–Crippen LogP) is 2.04. The summed E-state index contributed by atoms with van der Waals surface area (Å²) in [5.74, 6) is 2.93. The summed E-state index contributed by atoms with van der Waals surface area (Å²) in [7, 11) is 0. The second kappa shape index (κ2) is 6.65. The largest absolute Gasteiger partial charge is 0.481 e. The Bertz CT molecular complexity index is 800. The van der Waals surface area contributed by atoms with Crippen LogP contribution in [0.15, 0.2) is 34.2 Å². The summed E-state index contributed by atoms with van der Waals surface area (Å²) in [6.07, 6.45) is 6.94. The zero-order valence-electron chi connectivity index (χ0n) is 11.2. The Morgan fingerprint density at radius 1 is 1.52 bits per heavy atom. The number of thioether (sulfide) groups is 1. The van der Waals surface area contributed by atoms with Gasteiger partial charge in [0.2, 0.25) is 0 Å². The Balaban J connectivity index is 2.56. The zero-order valence-corrected chi connectivity index (χ0v) is 12.0. The van der Waals surface area contributed by atoms with E-state index in [0.29, 0.717) is 22.2 Å². The summed E-state index contributed by atoms with van der Waals surface area (Å²) in [6, 6.07) is 8.84. The number of ether oxygens (including phenoxy) is 1. The fraction of sp³-hybridized carbons (Fsp3) is 0.133. The fourth-order valence-corrected chi connectivity index (χ4v) is 2.10. The van der Waals surface area contributed by atoms with Gasteiger partial charge in [-0.1, -0.05) is 29.8 Å². The molecule has 1 aromatic carbocycles. The highest BCUT2D eigenvalue weighted by molar-refractivity contribution is 7.98. The van der Waals surface area contributed by atoms with E-state index in [1.165, 1.54) is 11.8 Å². The molecule has 5 nitrogen and oxygen atoms in total. The van der Waals surface area contributed by atoms with Gasteiger partial charge < -0.3 is 9.72 Å². The van der Waals surface area contributed by atoms with E-state index in [1.807, 2.05) is 6.07 Å². The van der Waals surface area contributed by atoms with Crippen molar-refractivity contribution in [2.45, 2.75) is 5.16 Å². The molecular weight excluding hydrogens is 286 g/mol. The van der Waals surface area contributed by atoms with E-state index in [2.05, 4.69) is 15.9 Å². The summed E-state index contributed by atoms with van der Waals surface area (Å²) in [5.41, 5.74) is 0.475. The quantitative estimate of drug-likeness (QED) is 0.531. The molecule has 21 heavy (non-hydrogen) atoms. The first kappa shape index (κ1) is 14.7. The van der Waals surface area contributed by atoms with Gasteiger partial charge in [-0.15, -0.1) is 6.42 Å². The Morgan fingerprint density at radius 3 is 3.00 bits per heavy atom. The number of aromatic nitrogens is 2. The first-order valence-electron chi connectivity index (χ1n) is 5.94. The van der Waals surface area contributed by atoms with Crippen molar-refractivity contribution in [3.63, 3.8) is 0 Å². The van der Waals surface area contributed by atoms with Crippen molar-refractivity contribution in [1.82, 2.24) is 9.97 Å². The fourth-order valence-electron chi connectivity index (χ4n) is 1.72. The van der Waals surface area contributed by atoms with Crippen molar-refractivity contribution >= 4 is 11.8 Å². The van der Waals surface area contributed by atoms with Crippen molar-refractivity contribution in [2.75, 3.05) is 12.9 Å². The first-order chi connectivity index (χ1) is 10.2. The van der Waals surface area contributed by atoms with E-state index >= 15 is 0 Å². The number of rotatable bonds is 4. The Morgan fingerprint density at radius 2 is 2.33 bits per heavy atom. The highest BCUT2D eigenvalue weighted by Crippen LogP contribution is 2.24. The summed E-state index contributed by atoms with van der Waals surface area (Å²) < 4.78 is 5.34. The third-order valence-corrected chi connectivity index (χ3v) is 3.21. The summed E-state index contributed by atoms with van der Waals surface area (Å²) in [5, 5.41) is 9.61.